The van der Waals surface area contributed by atoms with Gasteiger partial charge in [-0.1, -0.05) is 55.7 Å². The van der Waals surface area contributed by atoms with Crippen LogP contribution in [0.3, 0.4) is 0 Å². The van der Waals surface area contributed by atoms with Crippen LogP contribution in [0.4, 0.5) is 0 Å². The Balaban J connectivity index is 2.07. The molecule has 0 N–H and O–H groups in total. The maximum absolute atomic E-state index is 11.6. The summed E-state index contributed by atoms with van der Waals surface area (Å²) in [5.74, 6) is 0.0269. The Morgan fingerprint density at radius 1 is 1.24 bits per heavy atom. The maximum atomic E-state index is 11.6. The Kier molecular flexibility index (Phi) is 4.25. The highest BCUT2D eigenvalue weighted by Gasteiger charge is 2.45. The van der Waals surface area contributed by atoms with Gasteiger partial charge in [-0.2, -0.15) is 0 Å². The van der Waals surface area contributed by atoms with E-state index < -0.39 is 0 Å². The summed E-state index contributed by atoms with van der Waals surface area (Å²) in [6.45, 7) is 3.89. The first-order valence-corrected chi connectivity index (χ1v) is 8.23. The zero-order valence-corrected chi connectivity index (χ0v) is 12.9. The van der Waals surface area contributed by atoms with Gasteiger partial charge in [-0.15, -0.1) is 0 Å². The Bertz CT molecular complexity index is 528. The van der Waals surface area contributed by atoms with E-state index >= 15 is 0 Å². The van der Waals surface area contributed by atoms with Gasteiger partial charge in [0.2, 0.25) is 0 Å². The SMILES string of the molecule is CC=CCN1CC(C=O)c2ccccc2C12CCCCC2. The van der Waals surface area contributed by atoms with Gasteiger partial charge in [0, 0.05) is 18.6 Å². The van der Waals surface area contributed by atoms with Gasteiger partial charge in [0.05, 0.1) is 5.92 Å². The zero-order valence-electron chi connectivity index (χ0n) is 12.9. The van der Waals surface area contributed by atoms with Crippen molar-refractivity contribution < 1.29 is 4.79 Å². The maximum Gasteiger partial charge on any atom is 0.128 e. The Labute approximate surface area is 127 Å². The topological polar surface area (TPSA) is 20.3 Å². The van der Waals surface area contributed by atoms with Gasteiger partial charge < -0.3 is 4.79 Å². The number of carbonyl (C=O) groups is 1. The van der Waals surface area contributed by atoms with Gasteiger partial charge in [-0.05, 0) is 30.9 Å². The van der Waals surface area contributed by atoms with Gasteiger partial charge in [0.15, 0.2) is 0 Å². The van der Waals surface area contributed by atoms with Crippen LogP contribution in [-0.2, 0) is 10.3 Å². The standard InChI is InChI=1S/C19H25NO/c1-2-3-13-20-14-16(15-21)17-9-5-6-10-18(17)19(20)11-7-4-8-12-19/h2-3,5-6,9-10,15-16H,4,7-8,11-14H2,1H3. The van der Waals surface area contributed by atoms with Crippen LogP contribution in [0.25, 0.3) is 0 Å². The van der Waals surface area contributed by atoms with E-state index in [2.05, 4.69) is 48.2 Å². The lowest BCUT2D eigenvalue weighted by Gasteiger charge is -2.51. The number of benzene rings is 1. The molecule has 1 atom stereocenters. The van der Waals surface area contributed by atoms with E-state index in [1.807, 2.05) is 0 Å². The molecule has 1 heterocycles. The molecule has 21 heavy (non-hydrogen) atoms. The first-order chi connectivity index (χ1) is 10.3. The van der Waals surface area contributed by atoms with Crippen molar-refractivity contribution >= 4 is 6.29 Å². The molecule has 1 fully saturated rings. The van der Waals surface area contributed by atoms with Crippen molar-refractivity contribution in [3.8, 4) is 0 Å². The summed E-state index contributed by atoms with van der Waals surface area (Å²) in [6.07, 6.45) is 11.9. The molecule has 0 aromatic heterocycles. The smallest absolute Gasteiger partial charge is 0.128 e. The van der Waals surface area contributed by atoms with E-state index in [1.54, 1.807) is 0 Å². The second-order valence-electron chi connectivity index (χ2n) is 6.40. The molecule has 1 aliphatic heterocycles. The fourth-order valence-electron chi connectivity index (χ4n) is 4.25. The Hall–Kier alpha value is -1.41. The van der Waals surface area contributed by atoms with Crippen LogP contribution in [0.1, 0.15) is 56.1 Å². The van der Waals surface area contributed by atoms with E-state index in [1.165, 1.54) is 43.2 Å². The third-order valence-corrected chi connectivity index (χ3v) is 5.29. The lowest BCUT2D eigenvalue weighted by Crippen LogP contribution is -2.53. The summed E-state index contributed by atoms with van der Waals surface area (Å²) in [7, 11) is 0. The van der Waals surface area contributed by atoms with Gasteiger partial charge in [-0.3, -0.25) is 4.90 Å². The highest BCUT2D eigenvalue weighted by molar-refractivity contribution is 5.65. The van der Waals surface area contributed by atoms with Crippen molar-refractivity contribution in [3.05, 3.63) is 47.5 Å². The zero-order chi connectivity index (χ0) is 14.7. The number of rotatable bonds is 3. The summed E-state index contributed by atoms with van der Waals surface area (Å²) < 4.78 is 0. The molecule has 1 aromatic carbocycles. The first kappa shape index (κ1) is 14.5. The lowest BCUT2D eigenvalue weighted by molar-refractivity contribution is -0.110. The number of carbonyl (C=O) groups excluding carboxylic acids is 1. The van der Waals surface area contributed by atoms with Crippen molar-refractivity contribution in [2.24, 2.45) is 0 Å². The van der Waals surface area contributed by atoms with Crippen molar-refractivity contribution in [2.75, 3.05) is 13.1 Å². The monoisotopic (exact) mass is 283 g/mol. The second kappa shape index (κ2) is 6.15. The molecule has 0 radical (unpaired) electrons. The van der Waals surface area contributed by atoms with Crippen LogP contribution in [0.5, 0.6) is 0 Å². The van der Waals surface area contributed by atoms with E-state index in [-0.39, 0.29) is 11.5 Å². The summed E-state index contributed by atoms with van der Waals surface area (Å²) in [4.78, 5) is 14.1. The van der Waals surface area contributed by atoms with Gasteiger partial charge >= 0.3 is 0 Å². The average Bonchev–Trinajstić information content (AvgIpc) is 2.55. The molecule has 0 amide bonds. The third-order valence-electron chi connectivity index (χ3n) is 5.29. The molecule has 0 bridgehead atoms. The lowest BCUT2D eigenvalue weighted by atomic mass is 9.69. The van der Waals surface area contributed by atoms with Crippen LogP contribution >= 0.6 is 0 Å². The fourth-order valence-corrected chi connectivity index (χ4v) is 4.25. The van der Waals surface area contributed by atoms with Crippen molar-refractivity contribution in [1.82, 2.24) is 4.90 Å². The minimum absolute atomic E-state index is 0.0269. The number of nitrogens with zero attached hydrogens (tertiary/aromatic N) is 1. The minimum atomic E-state index is 0.0269. The number of hydrogen-bond donors (Lipinski definition) is 0. The van der Waals surface area contributed by atoms with Gasteiger partial charge in [-0.25, -0.2) is 0 Å². The molecule has 1 unspecified atom stereocenters. The second-order valence-corrected chi connectivity index (χ2v) is 6.40. The van der Waals surface area contributed by atoms with Crippen molar-refractivity contribution in [3.63, 3.8) is 0 Å². The molecule has 112 valence electrons. The number of allylic oxidation sites excluding steroid dienone is 1. The first-order valence-electron chi connectivity index (χ1n) is 8.23. The van der Waals surface area contributed by atoms with Crippen LogP contribution in [0.2, 0.25) is 0 Å². The molecular formula is C19H25NO. The summed E-state index contributed by atoms with van der Waals surface area (Å²) in [6, 6.07) is 8.64. The van der Waals surface area contributed by atoms with Gasteiger partial charge in [0.1, 0.15) is 6.29 Å². The Morgan fingerprint density at radius 3 is 2.71 bits per heavy atom. The molecular weight excluding hydrogens is 258 g/mol. The van der Waals surface area contributed by atoms with E-state index in [0.717, 1.165) is 19.4 Å². The quantitative estimate of drug-likeness (QED) is 0.617. The molecule has 0 saturated heterocycles. The van der Waals surface area contributed by atoms with E-state index in [9.17, 15) is 4.79 Å². The molecule has 2 aliphatic rings. The number of fused-ring (bicyclic) bond motifs is 2. The summed E-state index contributed by atoms with van der Waals surface area (Å²) >= 11 is 0. The van der Waals surface area contributed by atoms with Crippen molar-refractivity contribution in [1.29, 1.82) is 0 Å². The molecule has 1 aromatic rings. The molecule has 1 aliphatic carbocycles. The van der Waals surface area contributed by atoms with Crippen LogP contribution in [-0.4, -0.2) is 24.3 Å². The number of aldehydes is 1. The van der Waals surface area contributed by atoms with E-state index in [0.29, 0.717) is 0 Å². The molecule has 3 rings (SSSR count). The largest absolute Gasteiger partial charge is 0.303 e. The fraction of sp³-hybridized carbons (Fsp3) is 0.526. The summed E-state index contributed by atoms with van der Waals surface area (Å²) in [5, 5.41) is 0. The Morgan fingerprint density at radius 2 is 2.00 bits per heavy atom. The highest BCUT2D eigenvalue weighted by Crippen LogP contribution is 2.48. The summed E-state index contributed by atoms with van der Waals surface area (Å²) in [5.41, 5.74) is 2.84. The van der Waals surface area contributed by atoms with Gasteiger partial charge in [0.25, 0.3) is 0 Å². The predicted molar refractivity (Wildman–Crippen MR) is 86.4 cm³/mol. The van der Waals surface area contributed by atoms with Crippen LogP contribution in [0, 0.1) is 0 Å². The molecule has 2 heteroatoms. The average molecular weight is 283 g/mol. The number of hydrogen-bond acceptors (Lipinski definition) is 2. The molecule has 1 saturated carbocycles. The third kappa shape index (κ3) is 2.46. The molecule has 2 nitrogen and oxygen atoms in total. The van der Waals surface area contributed by atoms with Crippen LogP contribution in [0.15, 0.2) is 36.4 Å². The molecule has 1 spiro atoms. The van der Waals surface area contributed by atoms with Crippen molar-refractivity contribution in [2.45, 2.75) is 50.5 Å². The highest BCUT2D eigenvalue weighted by atomic mass is 16.1. The predicted octanol–water partition coefficient (Wildman–Crippen LogP) is 4.02. The van der Waals surface area contributed by atoms with E-state index in [4.69, 9.17) is 0 Å². The minimum Gasteiger partial charge on any atom is -0.303 e. The van der Waals surface area contributed by atoms with Crippen LogP contribution < -0.4 is 0 Å². The normalized spacial score (nSPS) is 25.1.